The van der Waals surface area contributed by atoms with Crippen LogP contribution in [0.3, 0.4) is 0 Å². The van der Waals surface area contributed by atoms with Crippen LogP contribution >= 0.6 is 0 Å². The molecular weight excluding hydrogens is 319 g/mol. The summed E-state index contributed by atoms with van der Waals surface area (Å²) in [5, 5.41) is -0.380. The Bertz CT molecular complexity index is 488. The van der Waals surface area contributed by atoms with E-state index in [1.807, 2.05) is 6.07 Å². The Kier molecular flexibility index (Phi) is 13.3. The molecule has 1 rings (SSSR count). The van der Waals surface area contributed by atoms with Crippen molar-refractivity contribution in [3.63, 3.8) is 0 Å². The summed E-state index contributed by atoms with van der Waals surface area (Å²) in [6.45, 7) is 4.27. The number of hydrogen-bond acceptors (Lipinski definition) is 3. The van der Waals surface area contributed by atoms with Crippen LogP contribution in [0, 0.1) is 0 Å². The molecule has 3 nitrogen and oxygen atoms in total. The number of benzene rings is 1. The Balaban J connectivity index is 0.00000484. The van der Waals surface area contributed by atoms with Crippen LogP contribution < -0.4 is 4.18 Å². The molecule has 1 unspecified atom stereocenters. The van der Waals surface area contributed by atoms with Crippen LogP contribution in [-0.2, 0) is 10.1 Å². The topological polar surface area (TPSA) is 43.4 Å². The normalized spacial score (nSPS) is 12.4. The van der Waals surface area contributed by atoms with Crippen LogP contribution in [0.25, 0.3) is 0 Å². The van der Waals surface area contributed by atoms with Gasteiger partial charge < -0.3 is 4.18 Å². The summed E-state index contributed by atoms with van der Waals surface area (Å²) in [5.74, 6) is 0.412. The number of para-hydroxylation sites is 1. The van der Waals surface area contributed by atoms with Gasteiger partial charge in [0, 0.05) is 0 Å². The van der Waals surface area contributed by atoms with Crippen molar-refractivity contribution in [2.75, 3.05) is 0 Å². The van der Waals surface area contributed by atoms with E-state index in [9.17, 15) is 8.42 Å². The second-order valence-corrected chi connectivity index (χ2v) is 7.68. The molecular formula is C18H31NaO3S. The summed E-state index contributed by atoms with van der Waals surface area (Å²) in [5.41, 5.74) is 0. The molecule has 1 aromatic rings. The molecule has 23 heavy (non-hydrogen) atoms. The standard InChI is InChI=1S/C18H30O3S.Na.H/c1-3-5-7-8-12-16-18(15-6-4-2)22(19,20)21-17-13-10-9-11-14-17;;/h9-11,13-14,18H,3-8,12,15-16H2,1-2H3;;. The van der Waals surface area contributed by atoms with Crippen LogP contribution in [0.5, 0.6) is 5.75 Å². The van der Waals surface area contributed by atoms with E-state index in [-0.39, 0.29) is 34.8 Å². The molecule has 1 atom stereocenters. The first-order valence-corrected chi connectivity index (χ1v) is 10.1. The van der Waals surface area contributed by atoms with Gasteiger partial charge >= 0.3 is 39.7 Å². The van der Waals surface area contributed by atoms with E-state index in [1.165, 1.54) is 19.3 Å². The van der Waals surface area contributed by atoms with Gasteiger partial charge in [-0.15, -0.1) is 0 Å². The Labute approximate surface area is 164 Å². The minimum atomic E-state index is -3.54. The molecule has 0 aliphatic heterocycles. The summed E-state index contributed by atoms with van der Waals surface area (Å²) < 4.78 is 30.3. The van der Waals surface area contributed by atoms with Crippen molar-refractivity contribution in [3.8, 4) is 5.75 Å². The predicted octanol–water partition coefficient (Wildman–Crippen LogP) is 4.67. The van der Waals surface area contributed by atoms with Crippen molar-refractivity contribution in [2.45, 2.75) is 76.9 Å². The van der Waals surface area contributed by atoms with E-state index in [0.29, 0.717) is 18.6 Å². The quantitative estimate of drug-likeness (QED) is 0.313. The molecule has 5 heteroatoms. The van der Waals surface area contributed by atoms with Crippen LogP contribution in [0.2, 0.25) is 0 Å². The van der Waals surface area contributed by atoms with Gasteiger partial charge in [0.15, 0.2) is 0 Å². The van der Waals surface area contributed by atoms with E-state index in [4.69, 9.17) is 4.18 Å². The van der Waals surface area contributed by atoms with Crippen molar-refractivity contribution >= 4 is 39.7 Å². The fourth-order valence-corrected chi connectivity index (χ4v) is 3.94. The fraction of sp³-hybridized carbons (Fsp3) is 0.667. The number of unbranched alkanes of at least 4 members (excludes halogenated alkanes) is 5. The Hall–Kier alpha value is -0.0300. The fourth-order valence-electron chi connectivity index (χ4n) is 2.52. The average Bonchev–Trinajstić information content (AvgIpc) is 2.50. The predicted molar refractivity (Wildman–Crippen MR) is 99.8 cm³/mol. The van der Waals surface area contributed by atoms with Gasteiger partial charge in [-0.1, -0.05) is 77.0 Å². The van der Waals surface area contributed by atoms with E-state index in [0.717, 1.165) is 25.7 Å². The summed E-state index contributed by atoms with van der Waals surface area (Å²) >= 11 is 0. The van der Waals surface area contributed by atoms with Gasteiger partial charge in [0.25, 0.3) is 0 Å². The maximum atomic E-state index is 12.5. The van der Waals surface area contributed by atoms with Gasteiger partial charge in [-0.2, -0.15) is 8.42 Å². The van der Waals surface area contributed by atoms with E-state index in [2.05, 4.69) is 13.8 Å². The van der Waals surface area contributed by atoms with Crippen molar-refractivity contribution in [3.05, 3.63) is 30.3 Å². The molecule has 0 aliphatic rings. The molecule has 0 saturated heterocycles. The first-order valence-electron chi connectivity index (χ1n) is 8.58. The number of rotatable bonds is 12. The Morgan fingerprint density at radius 3 is 2.04 bits per heavy atom. The van der Waals surface area contributed by atoms with Crippen molar-refractivity contribution < 1.29 is 12.6 Å². The zero-order valence-electron chi connectivity index (χ0n) is 14.0. The van der Waals surface area contributed by atoms with E-state index < -0.39 is 10.1 Å². The molecule has 0 saturated carbocycles. The maximum absolute atomic E-state index is 12.5. The molecule has 0 heterocycles. The SMILES string of the molecule is CCCCCCCC(CCCC)S(=O)(=O)Oc1ccccc1.[NaH]. The monoisotopic (exact) mass is 350 g/mol. The Morgan fingerprint density at radius 1 is 0.870 bits per heavy atom. The molecule has 0 spiro atoms. The van der Waals surface area contributed by atoms with Crippen molar-refractivity contribution in [2.24, 2.45) is 0 Å². The van der Waals surface area contributed by atoms with Gasteiger partial charge in [0.1, 0.15) is 5.75 Å². The second-order valence-electron chi connectivity index (χ2n) is 5.86. The van der Waals surface area contributed by atoms with E-state index >= 15 is 0 Å². The molecule has 0 aliphatic carbocycles. The first kappa shape index (κ1) is 23.0. The molecule has 128 valence electrons. The zero-order valence-corrected chi connectivity index (χ0v) is 14.8. The third-order valence-electron chi connectivity index (χ3n) is 3.87. The van der Waals surface area contributed by atoms with Crippen molar-refractivity contribution in [1.29, 1.82) is 0 Å². The summed E-state index contributed by atoms with van der Waals surface area (Å²) in [4.78, 5) is 0. The molecule has 0 amide bonds. The van der Waals surface area contributed by atoms with Gasteiger partial charge in [0.2, 0.25) is 0 Å². The molecule has 1 aromatic carbocycles. The van der Waals surface area contributed by atoms with Gasteiger partial charge in [-0.3, -0.25) is 0 Å². The molecule has 0 aromatic heterocycles. The first-order chi connectivity index (χ1) is 10.6. The van der Waals surface area contributed by atoms with Gasteiger partial charge in [-0.25, -0.2) is 0 Å². The second kappa shape index (κ2) is 13.3. The molecule has 0 bridgehead atoms. The zero-order chi connectivity index (χ0) is 16.3. The third-order valence-corrected chi connectivity index (χ3v) is 5.59. The van der Waals surface area contributed by atoms with Crippen LogP contribution in [0.4, 0.5) is 0 Å². The minimum absolute atomic E-state index is 0. The van der Waals surface area contributed by atoms with E-state index in [1.54, 1.807) is 24.3 Å². The van der Waals surface area contributed by atoms with Gasteiger partial charge in [-0.05, 0) is 25.0 Å². The third kappa shape index (κ3) is 9.75. The van der Waals surface area contributed by atoms with Crippen LogP contribution in [0.15, 0.2) is 30.3 Å². The summed E-state index contributed by atoms with van der Waals surface area (Å²) in [6, 6.07) is 8.81. The summed E-state index contributed by atoms with van der Waals surface area (Å²) in [7, 11) is -3.54. The molecule has 0 N–H and O–H groups in total. The van der Waals surface area contributed by atoms with Crippen LogP contribution in [0.1, 0.15) is 71.6 Å². The Morgan fingerprint density at radius 2 is 1.43 bits per heavy atom. The van der Waals surface area contributed by atoms with Gasteiger partial charge in [0.05, 0.1) is 5.25 Å². The van der Waals surface area contributed by atoms with Crippen LogP contribution in [-0.4, -0.2) is 43.2 Å². The average molecular weight is 350 g/mol. The molecule has 0 fully saturated rings. The van der Waals surface area contributed by atoms with Crippen molar-refractivity contribution in [1.82, 2.24) is 0 Å². The number of hydrogen-bond donors (Lipinski definition) is 0. The molecule has 0 radical (unpaired) electrons. The summed E-state index contributed by atoms with van der Waals surface area (Å²) in [6.07, 6.45) is 9.03.